The van der Waals surface area contributed by atoms with E-state index >= 15 is 0 Å². The molecule has 0 spiro atoms. The number of halogens is 12. The van der Waals surface area contributed by atoms with Gasteiger partial charge in [-0.05, 0) is 93.0 Å². The Morgan fingerprint density at radius 2 is 0.380 bits per heavy atom. The molecule has 4 aromatic rings. The maximum atomic E-state index is 14.2. The molecule has 0 radical (unpaired) electrons. The molecule has 4 N–H and O–H groups in total. The molecule has 0 saturated carbocycles. The number of ether oxygens (including phenoxy) is 12. The van der Waals surface area contributed by atoms with E-state index in [4.69, 9.17) is 56.8 Å². The van der Waals surface area contributed by atoms with Crippen LogP contribution in [0.15, 0.2) is 48.5 Å². The zero-order valence-corrected chi connectivity index (χ0v) is 54.8. The second kappa shape index (κ2) is 34.0. The monoisotopic (exact) mass is 1530 g/mol. The summed E-state index contributed by atoms with van der Waals surface area (Å²) < 4.78 is 344. The second-order valence-electron chi connectivity index (χ2n) is 21.0. The van der Waals surface area contributed by atoms with E-state index in [0.29, 0.717) is 48.5 Å². The smallest absolute Gasteiger partial charge is 0.491 e. The maximum Gasteiger partial charge on any atom is 0.516 e. The van der Waals surface area contributed by atoms with Crippen LogP contribution in [0.25, 0.3) is 0 Å². The van der Waals surface area contributed by atoms with Crippen molar-refractivity contribution in [3.05, 3.63) is 115 Å². The number of carbonyl (C=O) groups excluding carboxylic acids is 4. The summed E-state index contributed by atoms with van der Waals surface area (Å²) in [7, 11) is -26.6. The predicted molar refractivity (Wildman–Crippen MR) is 315 cm³/mol. The summed E-state index contributed by atoms with van der Waals surface area (Å²) >= 11 is 0. The Kier molecular flexibility index (Phi) is 27.2. The summed E-state index contributed by atoms with van der Waals surface area (Å²) in [5.74, 6) is -10.5. The van der Waals surface area contributed by atoms with Crippen molar-refractivity contribution in [2.24, 2.45) is 0 Å². The molecule has 4 amide bonds. The largest absolute Gasteiger partial charge is 0.516 e. The number of alkyl halides is 12. The van der Waals surface area contributed by atoms with E-state index in [9.17, 15) is 106 Å². The van der Waals surface area contributed by atoms with Gasteiger partial charge in [0.2, 0.25) is 0 Å². The fourth-order valence-corrected chi connectivity index (χ4v) is 11.4. The van der Waals surface area contributed by atoms with E-state index in [-0.39, 0.29) is 79.3 Å². The SMILES string of the molecule is O=C(NS(=O)(=O)C(F)(F)F)c1cc2c3c(c1)Cc1cc(C(=O)NS(=O)(=O)C(F)(F)F)cc4c1OCCOCCOCCOCCOCCOc1c(cc(C(=O)NS(=O)(=O)C(F)(F)F)cc1Cc1cc(C(=O)NS(=O)(=O)C(F)(F)F)cc(c1OCCOCCOCCOCCOCCO3)C4)C2. The van der Waals surface area contributed by atoms with Crippen LogP contribution in [-0.2, 0) is 104 Å². The number of sulfonamides is 4. The Hall–Kier alpha value is -7.40. The van der Waals surface area contributed by atoms with Crippen LogP contribution in [0, 0.1) is 0 Å². The molecular formula is C56H60F12N4O24S4. The van der Waals surface area contributed by atoms with Gasteiger partial charge in [-0.1, -0.05) is 0 Å². The van der Waals surface area contributed by atoms with Gasteiger partial charge in [-0.15, -0.1) is 0 Å². The summed E-state index contributed by atoms with van der Waals surface area (Å²) in [6.45, 7) is -5.14. The molecular weight excluding hydrogens is 1470 g/mol. The average Bonchev–Trinajstić information content (AvgIpc) is 0.766. The third kappa shape index (κ3) is 21.8. The molecule has 1 aliphatic carbocycles. The molecule has 3 aliphatic rings. The van der Waals surface area contributed by atoms with Crippen molar-refractivity contribution in [1.29, 1.82) is 0 Å². The maximum absolute atomic E-state index is 14.2. The topological polar surface area (TPSA) is 364 Å². The number of amides is 4. The molecule has 0 fully saturated rings. The first-order valence-corrected chi connectivity index (χ1v) is 35.0. The van der Waals surface area contributed by atoms with Gasteiger partial charge >= 0.3 is 62.1 Å². The van der Waals surface area contributed by atoms with Crippen LogP contribution < -0.4 is 37.8 Å². The Bertz CT molecular complexity index is 3480. The fraction of sp³-hybridized carbons (Fsp3) is 0.500. The number of nitrogens with one attached hydrogen (secondary N) is 4. The van der Waals surface area contributed by atoms with Gasteiger partial charge in [0.15, 0.2) is 0 Å². The van der Waals surface area contributed by atoms with Crippen molar-refractivity contribution in [2.75, 3.05) is 132 Å². The van der Waals surface area contributed by atoms with Crippen LogP contribution in [0.5, 0.6) is 23.0 Å². The van der Waals surface area contributed by atoms with Crippen LogP contribution in [-0.4, -0.2) is 211 Å². The second-order valence-corrected chi connectivity index (χ2v) is 27.7. The zero-order chi connectivity index (χ0) is 73.5. The van der Waals surface area contributed by atoms with Gasteiger partial charge in [0.05, 0.1) is 106 Å². The van der Waals surface area contributed by atoms with Crippen LogP contribution in [0.2, 0.25) is 0 Å². The summed E-state index contributed by atoms with van der Waals surface area (Å²) in [5.41, 5.74) is -33.4. The Morgan fingerprint density at radius 1 is 0.250 bits per heavy atom. The third-order valence-electron chi connectivity index (χ3n) is 13.8. The Balaban J connectivity index is 1.70. The molecule has 556 valence electrons. The molecule has 0 atom stereocenters. The molecule has 0 saturated heterocycles. The Morgan fingerprint density at radius 3 is 0.510 bits per heavy atom. The lowest BCUT2D eigenvalue weighted by molar-refractivity contribution is -0.0451. The lowest BCUT2D eigenvalue weighted by Crippen LogP contribution is -2.40. The normalized spacial score (nSPS) is 17.3. The van der Waals surface area contributed by atoms with Crippen molar-refractivity contribution in [3.63, 3.8) is 0 Å². The molecule has 44 heteroatoms. The van der Waals surface area contributed by atoms with Gasteiger partial charge < -0.3 is 56.8 Å². The predicted octanol–water partition coefficient (Wildman–Crippen LogP) is 4.36. The molecule has 28 nitrogen and oxygen atoms in total. The van der Waals surface area contributed by atoms with Gasteiger partial charge in [0.25, 0.3) is 23.6 Å². The first-order chi connectivity index (χ1) is 46.8. The number of carbonyl (C=O) groups is 4. The van der Waals surface area contributed by atoms with Crippen molar-refractivity contribution in [1.82, 2.24) is 18.9 Å². The Labute approximate surface area is 561 Å². The van der Waals surface area contributed by atoms with E-state index in [2.05, 4.69) is 0 Å². The highest BCUT2D eigenvalue weighted by Gasteiger charge is 2.50. The standard InChI is InChI=1S/C56H60F12N4O24S4/c57-53(58,59)97(77,78)69-49(73)41-25-33-21-37-29-43(51(75)71-99(81,82)55(63,64)65)31-39-23-35-27-42(50(74)70-98(79,80)54(60,61)62)28-36-24-40-32-44(52(76)72-100(83,84)56(66,67)68)30-38(48(40)96-20-16-92-12-8-88-4-3-87-7-11-91-15-19-95-47(37)39)22-34(26-41)45(33)93-17-13-89-9-5-85-1-2-86-6-10-90-14-18-94-46(35)36/h25-32H,1-24H2,(H,69,73)(H,70,74)(H,71,75)(H,72,76). The van der Waals surface area contributed by atoms with Crippen LogP contribution in [0.1, 0.15) is 85.9 Å². The minimum absolute atomic E-state index is 0.00740. The van der Waals surface area contributed by atoms with Gasteiger partial charge in [-0.2, -0.15) is 86.4 Å². The van der Waals surface area contributed by atoms with E-state index in [1.54, 1.807) is 0 Å². The van der Waals surface area contributed by atoms with Crippen molar-refractivity contribution >= 4 is 63.7 Å². The molecule has 7 rings (SSSR count). The lowest BCUT2D eigenvalue weighted by Gasteiger charge is -2.25. The third-order valence-corrected chi connectivity index (χ3v) is 18.1. The van der Waals surface area contributed by atoms with Gasteiger partial charge in [0.1, 0.15) is 49.4 Å². The molecule has 2 aliphatic heterocycles. The summed E-state index contributed by atoms with van der Waals surface area (Å²) in [4.78, 5) is 56.7. The highest BCUT2D eigenvalue weighted by molar-refractivity contribution is 7.91. The lowest BCUT2D eigenvalue weighted by atomic mass is 9.88. The van der Waals surface area contributed by atoms with Gasteiger partial charge in [-0.3, -0.25) is 19.2 Å². The fourth-order valence-electron chi connectivity index (χ4n) is 9.44. The first-order valence-electron chi connectivity index (χ1n) is 29.1. The number of hydrogen-bond donors (Lipinski definition) is 4. The van der Waals surface area contributed by atoms with Crippen LogP contribution >= 0.6 is 0 Å². The van der Waals surface area contributed by atoms with E-state index in [0.717, 1.165) is 18.9 Å². The van der Waals surface area contributed by atoms with Gasteiger partial charge in [-0.25, -0.2) is 18.9 Å². The summed E-state index contributed by atoms with van der Waals surface area (Å²) in [6, 6.07) is 5.44. The molecule has 12 bridgehead atoms. The van der Waals surface area contributed by atoms with E-state index < -0.39 is 254 Å². The molecule has 4 aromatic carbocycles. The minimum Gasteiger partial charge on any atom is -0.491 e. The number of hydrogen-bond acceptors (Lipinski definition) is 24. The molecule has 100 heavy (non-hydrogen) atoms. The minimum atomic E-state index is -6.64. The quantitative estimate of drug-likeness (QED) is 0.157. The first kappa shape index (κ1) is 79.9. The van der Waals surface area contributed by atoms with Crippen molar-refractivity contribution in [2.45, 2.75) is 47.7 Å². The zero-order valence-electron chi connectivity index (χ0n) is 51.6. The highest BCUT2D eigenvalue weighted by atomic mass is 32.2. The molecule has 2 heterocycles. The van der Waals surface area contributed by atoms with Crippen molar-refractivity contribution in [3.8, 4) is 23.0 Å². The van der Waals surface area contributed by atoms with Gasteiger partial charge in [0, 0.05) is 47.9 Å². The average molecular weight is 1530 g/mol. The van der Waals surface area contributed by atoms with Crippen molar-refractivity contribution < 1.29 is 162 Å². The van der Waals surface area contributed by atoms with E-state index in [1.807, 2.05) is 0 Å². The summed E-state index contributed by atoms with van der Waals surface area (Å²) in [5, 5.41) is 0. The summed E-state index contributed by atoms with van der Waals surface area (Å²) in [6.07, 6.45) is -4.14. The number of benzene rings is 4. The van der Waals surface area contributed by atoms with E-state index in [1.165, 1.54) is 0 Å². The molecule has 0 aromatic heterocycles. The molecule has 0 unspecified atom stereocenters. The highest BCUT2D eigenvalue weighted by Crippen LogP contribution is 2.42. The number of rotatable bonds is 8. The van der Waals surface area contributed by atoms with Crippen LogP contribution in [0.4, 0.5) is 52.7 Å². The van der Waals surface area contributed by atoms with Crippen LogP contribution in [0.3, 0.4) is 0 Å².